The molecule has 1 aromatic heterocycles. The second-order valence-corrected chi connectivity index (χ2v) is 6.74. The van der Waals surface area contributed by atoms with Crippen molar-refractivity contribution < 1.29 is 0 Å². The molecule has 0 aliphatic carbocycles. The van der Waals surface area contributed by atoms with Crippen LogP contribution in [0.4, 0.5) is 5.69 Å². The molecule has 18 heavy (non-hydrogen) atoms. The zero-order chi connectivity index (χ0) is 13.1. The van der Waals surface area contributed by atoms with Gasteiger partial charge in [0.15, 0.2) is 0 Å². The molecule has 0 saturated carbocycles. The minimum Gasteiger partial charge on any atom is -0.378 e. The highest BCUT2D eigenvalue weighted by Crippen LogP contribution is 2.31. The summed E-state index contributed by atoms with van der Waals surface area (Å²) < 4.78 is 0. The highest BCUT2D eigenvalue weighted by Gasteiger charge is 2.12. The largest absolute Gasteiger partial charge is 0.378 e. The molecule has 2 aromatic rings. The van der Waals surface area contributed by atoms with Crippen molar-refractivity contribution in [3.63, 3.8) is 0 Å². The first-order valence-electron chi connectivity index (χ1n) is 6.08. The molecule has 1 heterocycles. The fraction of sp³-hybridized carbons (Fsp3) is 0.333. The quantitative estimate of drug-likeness (QED) is 0.765. The third kappa shape index (κ3) is 2.90. The molecule has 96 valence electrons. The molecule has 0 radical (unpaired) electrons. The second kappa shape index (κ2) is 5.81. The molecule has 0 amide bonds. The van der Waals surface area contributed by atoms with Crippen molar-refractivity contribution in [3.8, 4) is 0 Å². The van der Waals surface area contributed by atoms with Crippen LogP contribution in [0, 0.1) is 13.8 Å². The van der Waals surface area contributed by atoms with Crippen LogP contribution in [0.2, 0.25) is 0 Å². The Morgan fingerprint density at radius 2 is 1.94 bits per heavy atom. The van der Waals surface area contributed by atoms with Crippen LogP contribution in [0.15, 0.2) is 35.2 Å². The van der Waals surface area contributed by atoms with E-state index in [4.69, 9.17) is 0 Å². The van der Waals surface area contributed by atoms with Gasteiger partial charge in [0.2, 0.25) is 0 Å². The van der Waals surface area contributed by atoms with Crippen molar-refractivity contribution >= 4 is 28.8 Å². The number of aryl methyl sites for hydroxylation is 2. The Balaban J connectivity index is 2.21. The second-order valence-electron chi connectivity index (χ2n) is 4.43. The van der Waals surface area contributed by atoms with Gasteiger partial charge in [0.05, 0.1) is 0 Å². The first-order chi connectivity index (χ1) is 8.61. The number of thiophene rings is 1. The Bertz CT molecular complexity index is 531. The van der Waals surface area contributed by atoms with Gasteiger partial charge in [-0.05, 0) is 50.8 Å². The molecule has 0 saturated heterocycles. The van der Waals surface area contributed by atoms with Crippen molar-refractivity contribution in [1.29, 1.82) is 0 Å². The Kier molecular flexibility index (Phi) is 4.36. The van der Waals surface area contributed by atoms with Gasteiger partial charge in [-0.3, -0.25) is 0 Å². The van der Waals surface area contributed by atoms with Gasteiger partial charge in [0, 0.05) is 26.4 Å². The average Bonchev–Trinajstić information content (AvgIpc) is 2.69. The maximum Gasteiger partial charge on any atom is 0.0497 e. The minimum absolute atomic E-state index is 0.350. The van der Waals surface area contributed by atoms with E-state index in [0.717, 1.165) is 0 Å². The van der Waals surface area contributed by atoms with Gasteiger partial charge in [-0.15, -0.1) is 23.1 Å². The first-order valence-corrected chi connectivity index (χ1v) is 8.12. The van der Waals surface area contributed by atoms with Crippen LogP contribution < -0.4 is 5.32 Å². The summed E-state index contributed by atoms with van der Waals surface area (Å²) in [4.78, 5) is 4.09. The number of thioether (sulfide) groups is 1. The van der Waals surface area contributed by atoms with Gasteiger partial charge < -0.3 is 5.32 Å². The Labute approximate surface area is 118 Å². The molecule has 1 aromatic carbocycles. The third-order valence-electron chi connectivity index (χ3n) is 3.02. The Morgan fingerprint density at radius 1 is 1.22 bits per heavy atom. The number of hydrogen-bond acceptors (Lipinski definition) is 3. The van der Waals surface area contributed by atoms with Gasteiger partial charge in [0.1, 0.15) is 0 Å². The van der Waals surface area contributed by atoms with E-state index >= 15 is 0 Å². The molecule has 0 bridgehead atoms. The molecule has 1 nitrogen and oxygen atoms in total. The summed E-state index contributed by atoms with van der Waals surface area (Å²) in [5.74, 6) is 0. The SMILES string of the molecule is CSc1ccccc1NC(C)c1cc(C)sc1C. The first kappa shape index (κ1) is 13.5. The fourth-order valence-corrected chi connectivity index (χ4v) is 3.74. The lowest BCUT2D eigenvalue weighted by atomic mass is 10.1. The number of benzene rings is 1. The summed E-state index contributed by atoms with van der Waals surface area (Å²) in [7, 11) is 0. The van der Waals surface area contributed by atoms with Crippen LogP contribution in [0.3, 0.4) is 0 Å². The Morgan fingerprint density at radius 3 is 2.56 bits per heavy atom. The minimum atomic E-state index is 0.350. The zero-order valence-corrected chi connectivity index (χ0v) is 12.9. The van der Waals surface area contributed by atoms with Crippen LogP contribution in [0.5, 0.6) is 0 Å². The number of rotatable bonds is 4. The van der Waals surface area contributed by atoms with E-state index in [1.165, 1.54) is 25.9 Å². The molecular formula is C15H19NS2. The van der Waals surface area contributed by atoms with Crippen molar-refractivity contribution in [2.24, 2.45) is 0 Å². The van der Waals surface area contributed by atoms with E-state index in [2.05, 4.69) is 62.7 Å². The van der Waals surface area contributed by atoms with E-state index in [9.17, 15) is 0 Å². The molecule has 0 fully saturated rings. The summed E-state index contributed by atoms with van der Waals surface area (Å²) in [6.07, 6.45) is 2.12. The normalized spacial score (nSPS) is 12.4. The summed E-state index contributed by atoms with van der Waals surface area (Å²) in [6, 6.07) is 11.1. The van der Waals surface area contributed by atoms with Crippen LogP contribution in [-0.4, -0.2) is 6.26 Å². The summed E-state index contributed by atoms with van der Waals surface area (Å²) in [6.45, 7) is 6.60. The highest BCUT2D eigenvalue weighted by atomic mass is 32.2. The number of anilines is 1. The lowest BCUT2D eigenvalue weighted by molar-refractivity contribution is 0.876. The van der Waals surface area contributed by atoms with Crippen LogP contribution in [0.25, 0.3) is 0 Å². The predicted octanol–water partition coefficient (Wildman–Crippen LogP) is 5.26. The van der Waals surface area contributed by atoms with E-state index in [1.807, 2.05) is 11.3 Å². The monoisotopic (exact) mass is 277 g/mol. The van der Waals surface area contributed by atoms with Crippen LogP contribution in [-0.2, 0) is 0 Å². The van der Waals surface area contributed by atoms with Gasteiger partial charge >= 0.3 is 0 Å². The van der Waals surface area contributed by atoms with Gasteiger partial charge in [0.25, 0.3) is 0 Å². The molecule has 0 aliphatic heterocycles. The van der Waals surface area contributed by atoms with Crippen LogP contribution in [0.1, 0.15) is 28.3 Å². The zero-order valence-electron chi connectivity index (χ0n) is 11.3. The summed E-state index contributed by atoms with van der Waals surface area (Å²) in [5, 5.41) is 3.62. The third-order valence-corrected chi connectivity index (χ3v) is 4.80. The number of nitrogens with one attached hydrogen (secondary N) is 1. The van der Waals surface area contributed by atoms with E-state index < -0.39 is 0 Å². The van der Waals surface area contributed by atoms with Crippen molar-refractivity contribution in [1.82, 2.24) is 0 Å². The van der Waals surface area contributed by atoms with Gasteiger partial charge in [-0.2, -0.15) is 0 Å². The lowest BCUT2D eigenvalue weighted by Crippen LogP contribution is -2.07. The van der Waals surface area contributed by atoms with E-state index in [-0.39, 0.29) is 0 Å². The topological polar surface area (TPSA) is 12.0 Å². The van der Waals surface area contributed by atoms with Crippen molar-refractivity contribution in [2.75, 3.05) is 11.6 Å². The summed E-state index contributed by atoms with van der Waals surface area (Å²) in [5.41, 5.74) is 2.63. The smallest absolute Gasteiger partial charge is 0.0497 e. The van der Waals surface area contributed by atoms with Gasteiger partial charge in [-0.1, -0.05) is 12.1 Å². The molecule has 3 heteroatoms. The number of para-hydroxylation sites is 1. The molecule has 1 unspecified atom stereocenters. The number of hydrogen-bond donors (Lipinski definition) is 1. The van der Waals surface area contributed by atoms with Crippen molar-refractivity contribution in [2.45, 2.75) is 31.7 Å². The molecule has 1 atom stereocenters. The predicted molar refractivity (Wildman–Crippen MR) is 84.1 cm³/mol. The summed E-state index contributed by atoms with van der Waals surface area (Å²) >= 11 is 3.65. The Hall–Kier alpha value is -0.930. The molecule has 0 aliphatic rings. The lowest BCUT2D eigenvalue weighted by Gasteiger charge is -2.17. The molecular weight excluding hydrogens is 258 g/mol. The van der Waals surface area contributed by atoms with Crippen molar-refractivity contribution in [3.05, 3.63) is 45.6 Å². The maximum absolute atomic E-state index is 3.62. The van der Waals surface area contributed by atoms with Crippen LogP contribution >= 0.6 is 23.1 Å². The maximum atomic E-state index is 3.62. The highest BCUT2D eigenvalue weighted by molar-refractivity contribution is 7.98. The van der Waals surface area contributed by atoms with E-state index in [1.54, 1.807) is 11.8 Å². The fourth-order valence-electron chi connectivity index (χ4n) is 2.16. The van der Waals surface area contributed by atoms with E-state index in [0.29, 0.717) is 6.04 Å². The molecule has 0 spiro atoms. The standard InChI is InChI=1S/C15H19NS2/c1-10-9-13(12(3)18-10)11(2)16-14-7-5-6-8-15(14)17-4/h5-9,11,16H,1-4H3. The molecule has 2 rings (SSSR count). The van der Waals surface area contributed by atoms with Gasteiger partial charge in [-0.25, -0.2) is 0 Å². The molecule has 1 N–H and O–H groups in total. The average molecular weight is 277 g/mol.